The quantitative estimate of drug-likeness (QED) is 0.899. The van der Waals surface area contributed by atoms with Crippen molar-refractivity contribution in [2.45, 2.75) is 39.7 Å². The van der Waals surface area contributed by atoms with Crippen molar-refractivity contribution in [2.75, 3.05) is 6.54 Å². The highest BCUT2D eigenvalue weighted by Gasteiger charge is 2.25. The number of rotatable bonds is 3. The first-order valence-electron chi connectivity index (χ1n) is 6.73. The molecule has 100 valence electrons. The number of amides is 1. The third-order valence-electron chi connectivity index (χ3n) is 3.38. The largest absolute Gasteiger partial charge is 0.336 e. The Bertz CT molecular complexity index is 633. The van der Waals surface area contributed by atoms with Gasteiger partial charge in [-0.1, -0.05) is 13.8 Å². The zero-order valence-corrected chi connectivity index (χ0v) is 11.2. The number of aryl methyl sites for hydroxylation is 1. The van der Waals surface area contributed by atoms with Crippen LogP contribution in [-0.4, -0.2) is 37.3 Å². The number of H-pyrrole nitrogens is 1. The SMILES string of the molecule is CCCN1Cc2nc3[nH]c(CC)nc3nc2CC1=O. The molecule has 0 aliphatic carbocycles. The van der Waals surface area contributed by atoms with Gasteiger partial charge in [0.2, 0.25) is 5.91 Å². The molecule has 0 bridgehead atoms. The number of aromatic amines is 1. The van der Waals surface area contributed by atoms with Crippen LogP contribution in [0.15, 0.2) is 0 Å². The lowest BCUT2D eigenvalue weighted by Crippen LogP contribution is -2.37. The van der Waals surface area contributed by atoms with Crippen LogP contribution in [-0.2, 0) is 24.2 Å². The summed E-state index contributed by atoms with van der Waals surface area (Å²) in [4.78, 5) is 30.4. The van der Waals surface area contributed by atoms with Gasteiger partial charge in [0.1, 0.15) is 5.82 Å². The molecule has 0 radical (unpaired) electrons. The number of aromatic nitrogens is 4. The zero-order valence-electron chi connectivity index (χ0n) is 11.2. The lowest BCUT2D eigenvalue weighted by atomic mass is 10.1. The van der Waals surface area contributed by atoms with Crippen LogP contribution in [0.1, 0.15) is 37.5 Å². The molecule has 1 N–H and O–H groups in total. The molecule has 6 heteroatoms. The van der Waals surface area contributed by atoms with Crippen LogP contribution in [0.5, 0.6) is 0 Å². The van der Waals surface area contributed by atoms with E-state index in [0.717, 1.165) is 42.2 Å². The third kappa shape index (κ3) is 2.07. The van der Waals surface area contributed by atoms with E-state index in [0.29, 0.717) is 18.6 Å². The first kappa shape index (κ1) is 12.1. The topological polar surface area (TPSA) is 74.8 Å². The Morgan fingerprint density at radius 1 is 1.21 bits per heavy atom. The zero-order chi connectivity index (χ0) is 13.4. The van der Waals surface area contributed by atoms with Crippen molar-refractivity contribution in [1.29, 1.82) is 0 Å². The van der Waals surface area contributed by atoms with Gasteiger partial charge in [-0.3, -0.25) is 4.79 Å². The summed E-state index contributed by atoms with van der Waals surface area (Å²) < 4.78 is 0. The van der Waals surface area contributed by atoms with Gasteiger partial charge in [0.25, 0.3) is 0 Å². The van der Waals surface area contributed by atoms with Gasteiger partial charge in [0.05, 0.1) is 24.4 Å². The fourth-order valence-electron chi connectivity index (χ4n) is 2.38. The second-order valence-electron chi connectivity index (χ2n) is 4.82. The van der Waals surface area contributed by atoms with E-state index in [2.05, 4.69) is 26.9 Å². The molecule has 3 rings (SSSR count). The number of hydrogen-bond donors (Lipinski definition) is 1. The molecule has 0 aromatic carbocycles. The molecule has 3 heterocycles. The third-order valence-corrected chi connectivity index (χ3v) is 3.38. The smallest absolute Gasteiger partial charge is 0.229 e. The van der Waals surface area contributed by atoms with E-state index in [9.17, 15) is 4.79 Å². The van der Waals surface area contributed by atoms with E-state index in [1.165, 1.54) is 0 Å². The predicted molar refractivity (Wildman–Crippen MR) is 70.5 cm³/mol. The molecule has 0 fully saturated rings. The van der Waals surface area contributed by atoms with E-state index in [-0.39, 0.29) is 5.91 Å². The average Bonchev–Trinajstić information content (AvgIpc) is 2.79. The summed E-state index contributed by atoms with van der Waals surface area (Å²) >= 11 is 0. The molecule has 6 nitrogen and oxygen atoms in total. The van der Waals surface area contributed by atoms with Crippen LogP contribution in [0.3, 0.4) is 0 Å². The van der Waals surface area contributed by atoms with Crippen molar-refractivity contribution >= 4 is 17.2 Å². The van der Waals surface area contributed by atoms with E-state index in [4.69, 9.17) is 0 Å². The molecule has 2 aromatic rings. The minimum atomic E-state index is 0.134. The van der Waals surface area contributed by atoms with E-state index >= 15 is 0 Å². The Morgan fingerprint density at radius 2 is 2.05 bits per heavy atom. The van der Waals surface area contributed by atoms with E-state index < -0.39 is 0 Å². The fourth-order valence-corrected chi connectivity index (χ4v) is 2.38. The van der Waals surface area contributed by atoms with Crippen LogP contribution in [0.4, 0.5) is 0 Å². The molecule has 19 heavy (non-hydrogen) atoms. The molecule has 1 amide bonds. The highest BCUT2D eigenvalue weighted by atomic mass is 16.2. The van der Waals surface area contributed by atoms with Crippen molar-refractivity contribution in [1.82, 2.24) is 24.8 Å². The van der Waals surface area contributed by atoms with Gasteiger partial charge in [-0.2, -0.15) is 0 Å². The number of imidazole rings is 1. The Morgan fingerprint density at radius 3 is 2.79 bits per heavy atom. The van der Waals surface area contributed by atoms with Crippen LogP contribution < -0.4 is 0 Å². The number of fused-ring (bicyclic) bond motifs is 2. The molecule has 0 unspecified atom stereocenters. The maximum absolute atomic E-state index is 12.0. The first-order valence-corrected chi connectivity index (χ1v) is 6.73. The standard InChI is InChI=1S/C13H17N5O/c1-3-5-18-7-9-8(6-11(18)19)14-12-13(15-9)17-10(4-2)16-12/h3-7H2,1-2H3,(H,14,15,16,17). The number of nitrogens with zero attached hydrogens (tertiary/aromatic N) is 4. The van der Waals surface area contributed by atoms with Gasteiger partial charge in [-0.15, -0.1) is 0 Å². The maximum atomic E-state index is 12.0. The number of carbonyl (C=O) groups excluding carboxylic acids is 1. The van der Waals surface area contributed by atoms with Crippen LogP contribution >= 0.6 is 0 Å². The minimum Gasteiger partial charge on any atom is -0.336 e. The summed E-state index contributed by atoms with van der Waals surface area (Å²) in [6, 6.07) is 0. The molecule has 2 aromatic heterocycles. The van der Waals surface area contributed by atoms with Crippen molar-refractivity contribution < 1.29 is 4.79 Å². The average molecular weight is 259 g/mol. The van der Waals surface area contributed by atoms with Crippen LogP contribution in [0, 0.1) is 0 Å². The number of carbonyl (C=O) groups is 1. The van der Waals surface area contributed by atoms with Gasteiger partial charge >= 0.3 is 0 Å². The van der Waals surface area contributed by atoms with E-state index in [1.807, 2.05) is 11.8 Å². The Kier molecular flexibility index (Phi) is 2.93. The Hall–Kier alpha value is -1.98. The molecular formula is C13H17N5O. The Labute approximate surface area is 111 Å². The number of hydrogen-bond acceptors (Lipinski definition) is 4. The summed E-state index contributed by atoms with van der Waals surface area (Å²) in [5.74, 6) is 1.02. The van der Waals surface area contributed by atoms with Crippen molar-refractivity contribution in [2.24, 2.45) is 0 Å². The molecule has 1 aliphatic rings. The van der Waals surface area contributed by atoms with E-state index in [1.54, 1.807) is 0 Å². The summed E-state index contributed by atoms with van der Waals surface area (Å²) in [6.07, 6.45) is 2.12. The first-order chi connectivity index (χ1) is 9.21. The van der Waals surface area contributed by atoms with Crippen molar-refractivity contribution in [3.8, 4) is 0 Å². The molecule has 0 saturated carbocycles. The highest BCUT2D eigenvalue weighted by molar-refractivity contribution is 5.81. The molecular weight excluding hydrogens is 242 g/mol. The summed E-state index contributed by atoms with van der Waals surface area (Å²) in [6.45, 7) is 5.44. The summed E-state index contributed by atoms with van der Waals surface area (Å²) in [5, 5.41) is 0. The van der Waals surface area contributed by atoms with Gasteiger partial charge in [0.15, 0.2) is 11.3 Å². The predicted octanol–water partition coefficient (Wildman–Crippen LogP) is 1.21. The van der Waals surface area contributed by atoms with Crippen molar-refractivity contribution in [3.05, 3.63) is 17.2 Å². The van der Waals surface area contributed by atoms with Gasteiger partial charge in [0, 0.05) is 13.0 Å². The normalized spacial score (nSPS) is 15.1. The number of nitrogens with one attached hydrogen (secondary N) is 1. The molecule has 0 atom stereocenters. The molecule has 0 spiro atoms. The van der Waals surface area contributed by atoms with Crippen molar-refractivity contribution in [3.63, 3.8) is 0 Å². The van der Waals surface area contributed by atoms with Gasteiger partial charge < -0.3 is 9.88 Å². The molecule has 0 saturated heterocycles. The van der Waals surface area contributed by atoms with Gasteiger partial charge in [-0.25, -0.2) is 15.0 Å². The monoisotopic (exact) mass is 259 g/mol. The summed E-state index contributed by atoms with van der Waals surface area (Å²) in [5.41, 5.74) is 3.01. The lowest BCUT2D eigenvalue weighted by Gasteiger charge is -2.26. The molecule has 1 aliphatic heterocycles. The second kappa shape index (κ2) is 4.60. The summed E-state index contributed by atoms with van der Waals surface area (Å²) in [7, 11) is 0. The lowest BCUT2D eigenvalue weighted by molar-refractivity contribution is -0.132. The second-order valence-corrected chi connectivity index (χ2v) is 4.82. The van der Waals surface area contributed by atoms with Crippen LogP contribution in [0.25, 0.3) is 11.3 Å². The van der Waals surface area contributed by atoms with Gasteiger partial charge in [-0.05, 0) is 6.42 Å². The highest BCUT2D eigenvalue weighted by Crippen LogP contribution is 2.19. The fraction of sp³-hybridized carbons (Fsp3) is 0.538. The maximum Gasteiger partial charge on any atom is 0.229 e. The van der Waals surface area contributed by atoms with Crippen LogP contribution in [0.2, 0.25) is 0 Å². The Balaban J connectivity index is 2.01. The minimum absolute atomic E-state index is 0.134.